The van der Waals surface area contributed by atoms with Crippen molar-refractivity contribution in [1.82, 2.24) is 10.6 Å². The van der Waals surface area contributed by atoms with Crippen LogP contribution in [0.3, 0.4) is 0 Å². The van der Waals surface area contributed by atoms with Gasteiger partial charge in [-0.2, -0.15) is 0 Å². The molecule has 2 aliphatic rings. The highest BCUT2D eigenvalue weighted by atomic mass is 19.1. The topological polar surface area (TPSA) is 84.5 Å². The fraction of sp³-hybridized carbons (Fsp3) is 0.526. The summed E-state index contributed by atoms with van der Waals surface area (Å²) in [6.45, 7) is 0.503. The SMILES string of the molecule is O=C1C[C@@H](C(=O)NCCNC(=O)c2ccc(F)cc2)C2(CCCCC2)O1. The molecule has 2 N–H and O–H groups in total. The second-order valence-corrected chi connectivity index (χ2v) is 6.91. The van der Waals surface area contributed by atoms with Gasteiger partial charge in [0.15, 0.2) is 0 Å². The number of ether oxygens (including phenoxy) is 1. The van der Waals surface area contributed by atoms with Crippen LogP contribution in [0.25, 0.3) is 0 Å². The first-order chi connectivity index (χ1) is 12.5. The molecule has 1 heterocycles. The number of benzene rings is 1. The third-order valence-electron chi connectivity index (χ3n) is 5.16. The molecule has 1 saturated heterocycles. The molecule has 7 heteroatoms. The van der Waals surface area contributed by atoms with Gasteiger partial charge in [-0.15, -0.1) is 0 Å². The molecule has 6 nitrogen and oxygen atoms in total. The van der Waals surface area contributed by atoms with Gasteiger partial charge in [0.05, 0.1) is 12.3 Å². The molecule has 0 unspecified atom stereocenters. The highest BCUT2D eigenvalue weighted by Gasteiger charge is 2.52. The number of carbonyl (C=O) groups is 3. The van der Waals surface area contributed by atoms with Crippen molar-refractivity contribution in [2.24, 2.45) is 5.92 Å². The second-order valence-electron chi connectivity index (χ2n) is 6.91. The highest BCUT2D eigenvalue weighted by Crippen LogP contribution is 2.44. The molecule has 1 spiro atoms. The minimum atomic E-state index is -0.642. The Bertz CT molecular complexity index is 683. The van der Waals surface area contributed by atoms with Crippen LogP contribution in [0, 0.1) is 11.7 Å². The number of nitrogens with one attached hydrogen (secondary N) is 2. The summed E-state index contributed by atoms with van der Waals surface area (Å²) in [4.78, 5) is 36.2. The van der Waals surface area contributed by atoms with Crippen LogP contribution in [0.15, 0.2) is 24.3 Å². The predicted octanol–water partition coefficient (Wildman–Crippen LogP) is 1.94. The number of rotatable bonds is 5. The lowest BCUT2D eigenvalue weighted by molar-refractivity contribution is -0.153. The fourth-order valence-corrected chi connectivity index (χ4v) is 3.81. The molecular weight excluding hydrogens is 339 g/mol. The Morgan fingerprint density at radius 3 is 2.42 bits per heavy atom. The first kappa shape index (κ1) is 18.4. The maximum Gasteiger partial charge on any atom is 0.307 e. The zero-order chi connectivity index (χ0) is 18.6. The Balaban J connectivity index is 1.47. The van der Waals surface area contributed by atoms with E-state index in [0.29, 0.717) is 5.56 Å². The zero-order valence-electron chi connectivity index (χ0n) is 14.6. The van der Waals surface area contributed by atoms with E-state index in [4.69, 9.17) is 4.74 Å². The summed E-state index contributed by atoms with van der Waals surface area (Å²) in [5.41, 5.74) is -0.287. The van der Waals surface area contributed by atoms with E-state index in [1.165, 1.54) is 24.3 Å². The Kier molecular flexibility index (Phi) is 5.54. The summed E-state index contributed by atoms with van der Waals surface area (Å²) < 4.78 is 18.4. The molecule has 0 aromatic heterocycles. The van der Waals surface area contributed by atoms with Gasteiger partial charge in [0, 0.05) is 18.7 Å². The normalized spacial score (nSPS) is 21.3. The average Bonchev–Trinajstić information content (AvgIpc) is 2.95. The monoisotopic (exact) mass is 362 g/mol. The molecular formula is C19H23FN2O4. The van der Waals surface area contributed by atoms with Crippen LogP contribution in [-0.2, 0) is 14.3 Å². The van der Waals surface area contributed by atoms with Crippen LogP contribution < -0.4 is 10.6 Å². The Morgan fingerprint density at radius 1 is 1.08 bits per heavy atom. The molecule has 3 rings (SSSR count). The van der Waals surface area contributed by atoms with Gasteiger partial charge in [-0.25, -0.2) is 4.39 Å². The van der Waals surface area contributed by atoms with E-state index >= 15 is 0 Å². The summed E-state index contributed by atoms with van der Waals surface area (Å²) >= 11 is 0. The summed E-state index contributed by atoms with van der Waals surface area (Å²) in [5, 5.41) is 5.46. The smallest absolute Gasteiger partial charge is 0.307 e. The third kappa shape index (κ3) is 4.03. The molecule has 140 valence electrons. The largest absolute Gasteiger partial charge is 0.458 e. The number of carbonyl (C=O) groups excluding carboxylic acids is 3. The van der Waals surface area contributed by atoms with Crippen molar-refractivity contribution in [3.8, 4) is 0 Å². The molecule has 0 radical (unpaired) electrons. The molecule has 1 saturated carbocycles. The van der Waals surface area contributed by atoms with E-state index in [1.807, 2.05) is 0 Å². The molecule has 1 aromatic carbocycles. The molecule has 0 bridgehead atoms. The number of hydrogen-bond donors (Lipinski definition) is 2. The third-order valence-corrected chi connectivity index (χ3v) is 5.16. The quantitative estimate of drug-likeness (QED) is 0.619. The molecule has 1 aliphatic carbocycles. The predicted molar refractivity (Wildman–Crippen MR) is 91.8 cm³/mol. The Morgan fingerprint density at radius 2 is 1.73 bits per heavy atom. The van der Waals surface area contributed by atoms with Crippen LogP contribution >= 0.6 is 0 Å². The van der Waals surface area contributed by atoms with Gasteiger partial charge < -0.3 is 15.4 Å². The van der Waals surface area contributed by atoms with E-state index in [2.05, 4.69) is 10.6 Å². The lowest BCUT2D eigenvalue weighted by atomic mass is 9.75. The number of amides is 2. The van der Waals surface area contributed by atoms with Gasteiger partial charge in [-0.05, 0) is 49.9 Å². The minimum Gasteiger partial charge on any atom is -0.458 e. The number of esters is 1. The van der Waals surface area contributed by atoms with Crippen molar-refractivity contribution >= 4 is 17.8 Å². The van der Waals surface area contributed by atoms with E-state index in [1.54, 1.807) is 0 Å². The summed E-state index contributed by atoms with van der Waals surface area (Å²) in [5.74, 6) is -1.70. The van der Waals surface area contributed by atoms with Crippen LogP contribution in [0.1, 0.15) is 48.9 Å². The van der Waals surface area contributed by atoms with E-state index in [9.17, 15) is 18.8 Å². The van der Waals surface area contributed by atoms with Crippen LogP contribution in [-0.4, -0.2) is 36.5 Å². The lowest BCUT2D eigenvalue weighted by Gasteiger charge is -2.36. The standard InChI is InChI=1S/C19H23FN2O4/c20-14-6-4-13(5-7-14)17(24)21-10-11-22-18(25)15-12-16(23)26-19(15)8-2-1-3-9-19/h4-7,15H,1-3,8-12H2,(H,21,24)(H,22,25)/t15-/m0/s1. The first-order valence-corrected chi connectivity index (χ1v) is 9.03. The van der Waals surface area contributed by atoms with Crippen LogP contribution in [0.4, 0.5) is 4.39 Å². The fourth-order valence-electron chi connectivity index (χ4n) is 3.81. The van der Waals surface area contributed by atoms with Crippen molar-refractivity contribution in [3.05, 3.63) is 35.6 Å². The lowest BCUT2D eigenvalue weighted by Crippen LogP contribution is -2.47. The van der Waals surface area contributed by atoms with Gasteiger partial charge in [0.1, 0.15) is 11.4 Å². The van der Waals surface area contributed by atoms with Crippen LogP contribution in [0.2, 0.25) is 0 Å². The van der Waals surface area contributed by atoms with Crippen molar-refractivity contribution in [1.29, 1.82) is 0 Å². The van der Waals surface area contributed by atoms with Crippen LogP contribution in [0.5, 0.6) is 0 Å². The maximum absolute atomic E-state index is 12.9. The summed E-state index contributed by atoms with van der Waals surface area (Å²) in [7, 11) is 0. The molecule has 1 atom stereocenters. The van der Waals surface area contributed by atoms with Gasteiger partial charge in [-0.3, -0.25) is 14.4 Å². The summed E-state index contributed by atoms with van der Waals surface area (Å²) in [6.07, 6.45) is 4.61. The van der Waals surface area contributed by atoms with Gasteiger partial charge in [-0.1, -0.05) is 6.42 Å². The Hall–Kier alpha value is -2.44. The van der Waals surface area contributed by atoms with Gasteiger partial charge in [0.25, 0.3) is 5.91 Å². The van der Waals surface area contributed by atoms with Gasteiger partial charge in [0.2, 0.25) is 5.91 Å². The maximum atomic E-state index is 12.9. The Labute approximate surface area is 151 Å². The van der Waals surface area contributed by atoms with Crippen molar-refractivity contribution in [2.45, 2.75) is 44.1 Å². The molecule has 2 fully saturated rings. The molecule has 1 aromatic rings. The summed E-state index contributed by atoms with van der Waals surface area (Å²) in [6, 6.07) is 5.24. The molecule has 1 aliphatic heterocycles. The number of halogens is 1. The zero-order valence-corrected chi connectivity index (χ0v) is 14.6. The molecule has 2 amide bonds. The van der Waals surface area contributed by atoms with Gasteiger partial charge >= 0.3 is 5.97 Å². The van der Waals surface area contributed by atoms with Crippen molar-refractivity contribution in [3.63, 3.8) is 0 Å². The minimum absolute atomic E-state index is 0.119. The highest BCUT2D eigenvalue weighted by molar-refractivity contribution is 5.94. The van der Waals surface area contributed by atoms with E-state index in [-0.39, 0.29) is 37.3 Å². The van der Waals surface area contributed by atoms with E-state index < -0.39 is 17.3 Å². The first-order valence-electron chi connectivity index (χ1n) is 9.03. The van der Waals surface area contributed by atoms with Crippen molar-refractivity contribution in [2.75, 3.05) is 13.1 Å². The van der Waals surface area contributed by atoms with Crippen molar-refractivity contribution < 1.29 is 23.5 Å². The second kappa shape index (κ2) is 7.85. The average molecular weight is 362 g/mol. The molecule has 26 heavy (non-hydrogen) atoms. The number of hydrogen-bond acceptors (Lipinski definition) is 4. The van der Waals surface area contributed by atoms with E-state index in [0.717, 1.165) is 32.1 Å².